The fraction of sp³-hybridized carbons (Fsp3) is 0.200. The van der Waals surface area contributed by atoms with Gasteiger partial charge in [-0.05, 0) is 30.3 Å². The van der Waals surface area contributed by atoms with Gasteiger partial charge in [-0.1, -0.05) is 34.8 Å². The summed E-state index contributed by atoms with van der Waals surface area (Å²) in [5, 5.41) is 0.560. The van der Waals surface area contributed by atoms with Crippen LogP contribution in [0.25, 0.3) is 0 Å². The van der Waals surface area contributed by atoms with E-state index in [1.165, 1.54) is 18.2 Å². The van der Waals surface area contributed by atoms with Crippen molar-refractivity contribution in [1.29, 1.82) is 0 Å². The van der Waals surface area contributed by atoms with Crippen molar-refractivity contribution < 1.29 is 13.2 Å². The van der Waals surface area contributed by atoms with Crippen LogP contribution in [-0.4, -0.2) is 28.6 Å². The molecule has 2 aromatic carbocycles. The van der Waals surface area contributed by atoms with Crippen LogP contribution in [-0.2, 0) is 10.0 Å². The number of sulfonamides is 1. The third-order valence-corrected chi connectivity index (χ3v) is 5.74. The van der Waals surface area contributed by atoms with E-state index >= 15 is 0 Å². The molecule has 1 heterocycles. The van der Waals surface area contributed by atoms with E-state index in [1.807, 2.05) is 11.9 Å². The molecule has 3 rings (SSSR count). The minimum Gasteiger partial charge on any atom is -0.490 e. The third kappa shape index (κ3) is 3.37. The molecule has 24 heavy (non-hydrogen) atoms. The minimum atomic E-state index is -3.87. The first kappa shape index (κ1) is 17.5. The Hall–Kier alpha value is -1.34. The van der Waals surface area contributed by atoms with Crippen LogP contribution in [0.2, 0.25) is 15.1 Å². The van der Waals surface area contributed by atoms with E-state index in [1.54, 1.807) is 12.1 Å². The summed E-state index contributed by atoms with van der Waals surface area (Å²) >= 11 is 17.9. The molecule has 0 atom stereocenters. The number of hydrogen-bond donors (Lipinski definition) is 1. The fourth-order valence-electron chi connectivity index (χ4n) is 2.33. The standard InChI is InChI=1S/C15H13Cl3N2O3S/c1-20-4-5-23-14-3-2-10(8-13(14)20)24(21,22)19-15-11(17)6-9(16)7-12(15)18/h2-3,6-8,19H,4-5H2,1H3. The first-order valence-electron chi connectivity index (χ1n) is 6.93. The molecule has 0 saturated heterocycles. The summed E-state index contributed by atoms with van der Waals surface area (Å²) in [7, 11) is -2.00. The molecular weight excluding hydrogens is 395 g/mol. The maximum absolute atomic E-state index is 12.7. The highest BCUT2D eigenvalue weighted by Gasteiger charge is 2.22. The number of likely N-dealkylation sites (N-methyl/N-ethyl adjacent to an activating group) is 1. The Kier molecular flexibility index (Phi) is 4.75. The van der Waals surface area contributed by atoms with E-state index < -0.39 is 10.0 Å². The Morgan fingerprint density at radius 3 is 2.46 bits per heavy atom. The van der Waals surface area contributed by atoms with Gasteiger partial charge in [0, 0.05) is 12.1 Å². The molecule has 0 radical (unpaired) electrons. The third-order valence-electron chi connectivity index (χ3n) is 3.58. The van der Waals surface area contributed by atoms with Crippen LogP contribution in [0.1, 0.15) is 0 Å². The van der Waals surface area contributed by atoms with Crippen LogP contribution in [0.15, 0.2) is 35.2 Å². The Morgan fingerprint density at radius 2 is 1.79 bits per heavy atom. The average Bonchev–Trinajstić information content (AvgIpc) is 2.51. The summed E-state index contributed by atoms with van der Waals surface area (Å²) in [5.74, 6) is 0.644. The average molecular weight is 408 g/mol. The Labute approximate surface area is 155 Å². The Bertz CT molecular complexity index is 880. The summed E-state index contributed by atoms with van der Waals surface area (Å²) in [6, 6.07) is 7.49. The quantitative estimate of drug-likeness (QED) is 0.825. The molecule has 128 valence electrons. The number of hydrogen-bond acceptors (Lipinski definition) is 4. The lowest BCUT2D eigenvalue weighted by Gasteiger charge is -2.28. The zero-order valence-electron chi connectivity index (χ0n) is 12.5. The lowest BCUT2D eigenvalue weighted by atomic mass is 10.2. The van der Waals surface area contributed by atoms with Crippen LogP contribution in [0.4, 0.5) is 11.4 Å². The molecule has 0 saturated carbocycles. The summed E-state index contributed by atoms with van der Waals surface area (Å²) < 4.78 is 33.3. The van der Waals surface area contributed by atoms with Crippen molar-refractivity contribution in [1.82, 2.24) is 0 Å². The van der Waals surface area contributed by atoms with Gasteiger partial charge in [-0.15, -0.1) is 0 Å². The van der Waals surface area contributed by atoms with Crippen molar-refractivity contribution in [2.75, 3.05) is 29.8 Å². The normalized spacial score (nSPS) is 14.1. The van der Waals surface area contributed by atoms with E-state index in [4.69, 9.17) is 39.5 Å². The van der Waals surface area contributed by atoms with Crippen molar-refractivity contribution in [2.45, 2.75) is 4.90 Å². The number of nitrogens with zero attached hydrogens (tertiary/aromatic N) is 1. The molecule has 1 aliphatic heterocycles. The van der Waals surface area contributed by atoms with Crippen molar-refractivity contribution >= 4 is 56.2 Å². The largest absolute Gasteiger partial charge is 0.490 e. The second kappa shape index (κ2) is 6.52. The molecule has 9 heteroatoms. The van der Waals surface area contributed by atoms with E-state index in [0.29, 0.717) is 29.6 Å². The number of rotatable bonds is 3. The van der Waals surface area contributed by atoms with Crippen LogP contribution < -0.4 is 14.4 Å². The summed E-state index contributed by atoms with van der Waals surface area (Å²) in [6.45, 7) is 1.24. The van der Waals surface area contributed by atoms with Crippen molar-refractivity contribution in [3.8, 4) is 5.75 Å². The first-order chi connectivity index (χ1) is 11.3. The zero-order chi connectivity index (χ0) is 17.5. The molecule has 1 N–H and O–H groups in total. The highest BCUT2D eigenvalue weighted by molar-refractivity contribution is 7.92. The number of nitrogens with one attached hydrogen (secondary N) is 1. The van der Waals surface area contributed by atoms with Gasteiger partial charge in [-0.25, -0.2) is 8.42 Å². The lowest BCUT2D eigenvalue weighted by molar-refractivity contribution is 0.311. The molecule has 0 spiro atoms. The van der Waals surface area contributed by atoms with Crippen molar-refractivity contribution in [3.63, 3.8) is 0 Å². The second-order valence-electron chi connectivity index (χ2n) is 5.25. The Balaban J connectivity index is 1.99. The molecule has 1 aliphatic rings. The van der Waals surface area contributed by atoms with Gasteiger partial charge < -0.3 is 9.64 Å². The van der Waals surface area contributed by atoms with E-state index in [0.717, 1.165) is 0 Å². The van der Waals surface area contributed by atoms with Gasteiger partial charge in [0.2, 0.25) is 0 Å². The van der Waals surface area contributed by atoms with E-state index in [9.17, 15) is 8.42 Å². The zero-order valence-corrected chi connectivity index (χ0v) is 15.6. The minimum absolute atomic E-state index is 0.0840. The van der Waals surface area contributed by atoms with Crippen molar-refractivity contribution in [3.05, 3.63) is 45.4 Å². The molecule has 0 unspecified atom stereocenters. The monoisotopic (exact) mass is 406 g/mol. The molecule has 0 aliphatic carbocycles. The molecule has 0 amide bonds. The van der Waals surface area contributed by atoms with Crippen LogP contribution in [0.5, 0.6) is 5.75 Å². The second-order valence-corrected chi connectivity index (χ2v) is 8.18. The van der Waals surface area contributed by atoms with Crippen molar-refractivity contribution in [2.24, 2.45) is 0 Å². The van der Waals surface area contributed by atoms with E-state index in [2.05, 4.69) is 4.72 Å². The number of ether oxygens (including phenoxy) is 1. The number of halogens is 3. The summed E-state index contributed by atoms with van der Waals surface area (Å²) in [4.78, 5) is 2.01. The van der Waals surface area contributed by atoms with E-state index in [-0.39, 0.29) is 20.6 Å². The predicted octanol–water partition coefficient (Wildman–Crippen LogP) is 4.28. The number of benzene rings is 2. The molecule has 5 nitrogen and oxygen atoms in total. The highest BCUT2D eigenvalue weighted by Crippen LogP contribution is 2.37. The van der Waals surface area contributed by atoms with Crippen LogP contribution in [0, 0.1) is 0 Å². The van der Waals surface area contributed by atoms with Gasteiger partial charge in [0.15, 0.2) is 0 Å². The fourth-order valence-corrected chi connectivity index (χ4v) is 4.47. The molecule has 0 bridgehead atoms. The lowest BCUT2D eigenvalue weighted by Crippen LogP contribution is -2.29. The van der Waals surface area contributed by atoms with Gasteiger partial charge in [0.25, 0.3) is 10.0 Å². The molecule has 0 fully saturated rings. The summed E-state index contributed by atoms with van der Waals surface area (Å²) in [5.41, 5.74) is 0.794. The van der Waals surface area contributed by atoms with Gasteiger partial charge in [-0.3, -0.25) is 4.72 Å². The molecule has 2 aromatic rings. The number of fused-ring (bicyclic) bond motifs is 1. The maximum Gasteiger partial charge on any atom is 0.262 e. The molecular formula is C15H13Cl3N2O3S. The summed E-state index contributed by atoms with van der Waals surface area (Å²) in [6.07, 6.45) is 0. The van der Waals surface area contributed by atoms with Gasteiger partial charge in [-0.2, -0.15) is 0 Å². The predicted molar refractivity (Wildman–Crippen MR) is 97.5 cm³/mol. The smallest absolute Gasteiger partial charge is 0.262 e. The first-order valence-corrected chi connectivity index (χ1v) is 9.55. The van der Waals surface area contributed by atoms with Gasteiger partial charge in [0.05, 0.1) is 32.9 Å². The van der Waals surface area contributed by atoms with Gasteiger partial charge >= 0.3 is 0 Å². The maximum atomic E-state index is 12.7. The number of anilines is 2. The highest BCUT2D eigenvalue weighted by atomic mass is 35.5. The molecule has 0 aromatic heterocycles. The Morgan fingerprint density at radius 1 is 1.12 bits per heavy atom. The van der Waals surface area contributed by atoms with Crippen LogP contribution in [0.3, 0.4) is 0 Å². The SMILES string of the molecule is CN1CCOc2ccc(S(=O)(=O)Nc3c(Cl)cc(Cl)cc3Cl)cc21. The topological polar surface area (TPSA) is 58.6 Å². The van der Waals surface area contributed by atoms with Crippen LogP contribution >= 0.6 is 34.8 Å². The van der Waals surface area contributed by atoms with Gasteiger partial charge in [0.1, 0.15) is 12.4 Å².